The maximum absolute atomic E-state index is 13.7. The highest BCUT2D eigenvalue weighted by Gasteiger charge is 2.17. The van der Waals surface area contributed by atoms with E-state index in [9.17, 15) is 13.6 Å². The lowest BCUT2D eigenvalue weighted by Crippen LogP contribution is -2.22. The molecular formula is C18H20F2N4O. The van der Waals surface area contributed by atoms with E-state index >= 15 is 0 Å². The minimum Gasteiger partial charge on any atom is -0.351 e. The van der Waals surface area contributed by atoms with E-state index in [1.54, 1.807) is 0 Å². The molecule has 132 valence electrons. The van der Waals surface area contributed by atoms with E-state index in [-0.39, 0.29) is 11.7 Å². The molecule has 7 heteroatoms. The van der Waals surface area contributed by atoms with Crippen molar-refractivity contribution in [2.24, 2.45) is 0 Å². The van der Waals surface area contributed by atoms with Gasteiger partial charge in [-0.05, 0) is 31.0 Å². The van der Waals surface area contributed by atoms with E-state index in [2.05, 4.69) is 20.6 Å². The predicted octanol–water partition coefficient (Wildman–Crippen LogP) is 4.14. The lowest BCUT2D eigenvalue weighted by molar-refractivity contribution is 0.102. The molecule has 0 aliphatic heterocycles. The van der Waals surface area contributed by atoms with Crippen LogP contribution in [-0.4, -0.2) is 21.9 Å². The highest BCUT2D eigenvalue weighted by atomic mass is 19.1. The Labute approximate surface area is 144 Å². The summed E-state index contributed by atoms with van der Waals surface area (Å²) < 4.78 is 27.3. The Morgan fingerprint density at radius 2 is 1.72 bits per heavy atom. The third-order valence-corrected chi connectivity index (χ3v) is 4.28. The zero-order valence-electron chi connectivity index (χ0n) is 13.8. The normalized spacial score (nSPS) is 15.4. The third kappa shape index (κ3) is 4.49. The average molecular weight is 346 g/mol. The van der Waals surface area contributed by atoms with Crippen molar-refractivity contribution in [3.63, 3.8) is 0 Å². The largest absolute Gasteiger partial charge is 0.351 e. The Bertz CT molecular complexity index is 725. The third-order valence-electron chi connectivity index (χ3n) is 4.28. The van der Waals surface area contributed by atoms with E-state index < -0.39 is 23.2 Å². The van der Waals surface area contributed by atoms with E-state index in [4.69, 9.17) is 0 Å². The van der Waals surface area contributed by atoms with Gasteiger partial charge >= 0.3 is 0 Å². The van der Waals surface area contributed by atoms with Crippen molar-refractivity contribution >= 4 is 17.5 Å². The van der Waals surface area contributed by atoms with E-state index in [0.717, 1.165) is 37.8 Å². The van der Waals surface area contributed by atoms with Gasteiger partial charge in [0.25, 0.3) is 5.91 Å². The first-order chi connectivity index (χ1) is 12.1. The number of halogens is 2. The standard InChI is InChI=1S/C18H20F2N4O/c19-13-8-5-9-14(20)16(13)24-17(25)15-10-11-21-18(23-15)22-12-6-3-1-2-4-7-12/h5,8-12H,1-4,6-7H2,(H,24,25)(H,21,22,23). The maximum atomic E-state index is 13.7. The van der Waals surface area contributed by atoms with Crippen molar-refractivity contribution < 1.29 is 13.6 Å². The molecule has 0 atom stereocenters. The molecule has 1 aromatic heterocycles. The van der Waals surface area contributed by atoms with Crippen molar-refractivity contribution in [2.45, 2.75) is 44.6 Å². The summed E-state index contributed by atoms with van der Waals surface area (Å²) in [4.78, 5) is 20.6. The molecule has 2 N–H and O–H groups in total. The Balaban J connectivity index is 1.71. The molecule has 5 nitrogen and oxygen atoms in total. The van der Waals surface area contributed by atoms with E-state index in [1.807, 2.05) is 0 Å². The quantitative estimate of drug-likeness (QED) is 0.817. The molecular weight excluding hydrogens is 326 g/mol. The molecule has 0 unspecified atom stereocenters. The number of nitrogens with zero attached hydrogens (tertiary/aromatic N) is 2. The first kappa shape index (κ1) is 17.3. The molecule has 1 aromatic carbocycles. The SMILES string of the molecule is O=C(Nc1c(F)cccc1F)c1ccnc(NC2CCCCCC2)n1. The fourth-order valence-electron chi connectivity index (χ4n) is 2.96. The molecule has 1 fully saturated rings. The van der Waals surface area contributed by atoms with Crippen LogP contribution in [0.25, 0.3) is 0 Å². The summed E-state index contributed by atoms with van der Waals surface area (Å²) in [6.07, 6.45) is 8.32. The lowest BCUT2D eigenvalue weighted by Gasteiger charge is -2.16. The van der Waals surface area contributed by atoms with Gasteiger partial charge in [-0.2, -0.15) is 0 Å². The summed E-state index contributed by atoms with van der Waals surface area (Å²) in [5.41, 5.74) is -0.432. The maximum Gasteiger partial charge on any atom is 0.274 e. The summed E-state index contributed by atoms with van der Waals surface area (Å²) in [5, 5.41) is 5.48. The number of benzene rings is 1. The number of nitrogens with one attached hydrogen (secondary N) is 2. The second-order valence-corrected chi connectivity index (χ2v) is 6.15. The summed E-state index contributed by atoms with van der Waals surface area (Å²) in [6, 6.07) is 5.09. The highest BCUT2D eigenvalue weighted by molar-refractivity contribution is 6.03. The second kappa shape index (κ2) is 8.00. The number of anilines is 2. The summed E-state index contributed by atoms with van der Waals surface area (Å²) >= 11 is 0. The lowest BCUT2D eigenvalue weighted by atomic mass is 10.1. The Morgan fingerprint density at radius 3 is 2.40 bits per heavy atom. The number of rotatable bonds is 4. The molecule has 0 spiro atoms. The average Bonchev–Trinajstić information content (AvgIpc) is 2.87. The van der Waals surface area contributed by atoms with Gasteiger partial charge in [-0.15, -0.1) is 0 Å². The Hall–Kier alpha value is -2.57. The van der Waals surface area contributed by atoms with E-state index in [0.29, 0.717) is 5.95 Å². The number of hydrogen-bond donors (Lipinski definition) is 2. The molecule has 1 heterocycles. The van der Waals surface area contributed by atoms with Gasteiger partial charge in [0.1, 0.15) is 23.0 Å². The van der Waals surface area contributed by atoms with Gasteiger partial charge in [-0.25, -0.2) is 18.7 Å². The topological polar surface area (TPSA) is 66.9 Å². The monoisotopic (exact) mass is 346 g/mol. The summed E-state index contributed by atoms with van der Waals surface area (Å²) in [6.45, 7) is 0. The van der Waals surface area contributed by atoms with Crippen LogP contribution in [0.3, 0.4) is 0 Å². The van der Waals surface area contributed by atoms with Gasteiger partial charge in [0.05, 0.1) is 0 Å². The fraction of sp³-hybridized carbons (Fsp3) is 0.389. The molecule has 1 aliphatic rings. The van der Waals surface area contributed by atoms with Crippen LogP contribution in [0.1, 0.15) is 49.0 Å². The molecule has 0 saturated heterocycles. The number of carbonyl (C=O) groups excluding carboxylic acids is 1. The van der Waals surface area contributed by atoms with Crippen molar-refractivity contribution in [3.05, 3.63) is 47.8 Å². The molecule has 0 radical (unpaired) electrons. The van der Waals surface area contributed by atoms with Crippen LogP contribution in [0.15, 0.2) is 30.5 Å². The van der Waals surface area contributed by atoms with E-state index in [1.165, 1.54) is 31.2 Å². The fourth-order valence-corrected chi connectivity index (χ4v) is 2.96. The predicted molar refractivity (Wildman–Crippen MR) is 91.5 cm³/mol. The minimum absolute atomic E-state index is 0.0498. The summed E-state index contributed by atoms with van der Waals surface area (Å²) in [7, 11) is 0. The van der Waals surface area contributed by atoms with Crippen LogP contribution in [0.5, 0.6) is 0 Å². The molecule has 25 heavy (non-hydrogen) atoms. The number of carbonyl (C=O) groups is 1. The number of amides is 1. The number of hydrogen-bond acceptors (Lipinski definition) is 4. The second-order valence-electron chi connectivity index (χ2n) is 6.15. The molecule has 0 bridgehead atoms. The molecule has 2 aromatic rings. The van der Waals surface area contributed by atoms with Crippen LogP contribution in [0, 0.1) is 11.6 Å². The zero-order valence-corrected chi connectivity index (χ0v) is 13.8. The van der Waals surface area contributed by atoms with Gasteiger partial charge in [-0.3, -0.25) is 4.79 Å². The number of para-hydroxylation sites is 1. The van der Waals surface area contributed by atoms with Crippen LogP contribution >= 0.6 is 0 Å². The van der Waals surface area contributed by atoms with Gasteiger partial charge in [0.15, 0.2) is 0 Å². The molecule has 3 rings (SSSR count). The Kier molecular flexibility index (Phi) is 5.53. The molecule has 1 aliphatic carbocycles. The molecule has 1 saturated carbocycles. The minimum atomic E-state index is -0.834. The van der Waals surface area contributed by atoms with Gasteiger partial charge < -0.3 is 10.6 Å². The van der Waals surface area contributed by atoms with Crippen molar-refractivity contribution in [2.75, 3.05) is 10.6 Å². The van der Waals surface area contributed by atoms with Crippen LogP contribution in [-0.2, 0) is 0 Å². The van der Waals surface area contributed by atoms with Gasteiger partial charge in [0, 0.05) is 12.2 Å². The van der Waals surface area contributed by atoms with Crippen molar-refractivity contribution in [1.29, 1.82) is 0 Å². The molecule has 1 amide bonds. The van der Waals surface area contributed by atoms with Crippen LogP contribution < -0.4 is 10.6 Å². The van der Waals surface area contributed by atoms with Crippen LogP contribution in [0.4, 0.5) is 20.4 Å². The van der Waals surface area contributed by atoms with Crippen LogP contribution in [0.2, 0.25) is 0 Å². The Morgan fingerprint density at radius 1 is 1.04 bits per heavy atom. The zero-order chi connectivity index (χ0) is 17.6. The first-order valence-corrected chi connectivity index (χ1v) is 8.48. The van der Waals surface area contributed by atoms with Crippen molar-refractivity contribution in [1.82, 2.24) is 9.97 Å². The summed E-state index contributed by atoms with van der Waals surface area (Å²) in [5.74, 6) is -2.00. The first-order valence-electron chi connectivity index (χ1n) is 8.48. The van der Waals surface area contributed by atoms with Crippen molar-refractivity contribution in [3.8, 4) is 0 Å². The number of aromatic nitrogens is 2. The highest BCUT2D eigenvalue weighted by Crippen LogP contribution is 2.21. The smallest absolute Gasteiger partial charge is 0.274 e. The van der Waals surface area contributed by atoms with Gasteiger partial charge in [-0.1, -0.05) is 31.7 Å². The van der Waals surface area contributed by atoms with Gasteiger partial charge in [0.2, 0.25) is 5.95 Å².